The maximum absolute atomic E-state index is 11.6. The first kappa shape index (κ1) is 16.3. The zero-order valence-corrected chi connectivity index (χ0v) is 14.1. The Balaban J connectivity index is 5.35. The zero-order valence-electron chi connectivity index (χ0n) is 12.1. The molecule has 0 unspecified atom stereocenters. The Morgan fingerprint density at radius 1 is 0.882 bits per heavy atom. The van der Waals surface area contributed by atoms with Crippen LogP contribution in [0.25, 0.3) is 0 Å². The Kier molecular flexibility index (Phi) is 5.11. The second-order valence-corrected chi connectivity index (χ2v) is 13.6. The summed E-state index contributed by atoms with van der Waals surface area (Å²) in [6.45, 7) is 11.0. The van der Waals surface area contributed by atoms with Crippen LogP contribution in [-0.2, 0) is 13.7 Å². The number of carbonyl (C=O) groups is 2. The number of nitrogens with zero attached hydrogens (tertiary/aromatic N) is 2. The Hall–Kier alpha value is -0.666. The molecule has 0 aromatic carbocycles. The summed E-state index contributed by atoms with van der Waals surface area (Å²) in [7, 11) is -1.12. The summed E-state index contributed by atoms with van der Waals surface area (Å²) in [6, 6.07) is 0. The van der Waals surface area contributed by atoms with Crippen molar-refractivity contribution in [1.82, 2.24) is 9.13 Å². The van der Waals surface area contributed by atoms with Gasteiger partial charge < -0.3 is 13.2 Å². The highest BCUT2D eigenvalue weighted by Crippen LogP contribution is 2.20. The van der Waals surface area contributed by atoms with E-state index in [2.05, 4.69) is 19.6 Å². The van der Waals surface area contributed by atoms with Crippen molar-refractivity contribution in [2.45, 2.75) is 40.0 Å². The van der Waals surface area contributed by atoms with Crippen molar-refractivity contribution >= 4 is 28.8 Å². The maximum atomic E-state index is 11.6. The standard InChI is InChI=1S/C10H24N2O3Si2/c1-9(13)11(3)17(8,12(4)10(2)14)15-16(5,6)7/h1-8H3. The van der Waals surface area contributed by atoms with E-state index in [1.807, 2.05) is 6.55 Å². The molecule has 0 aromatic heterocycles. The predicted octanol–water partition coefficient (Wildman–Crippen LogP) is 1.36. The highest BCUT2D eigenvalue weighted by molar-refractivity contribution is 6.83. The number of carbonyl (C=O) groups excluding carboxylic acids is 2. The minimum absolute atomic E-state index is 0.0782. The van der Waals surface area contributed by atoms with Crippen LogP contribution in [-0.4, -0.2) is 52.0 Å². The van der Waals surface area contributed by atoms with E-state index >= 15 is 0 Å². The largest absolute Gasteiger partial charge is 0.425 e. The lowest BCUT2D eigenvalue weighted by Crippen LogP contribution is -2.68. The minimum atomic E-state index is -2.69. The van der Waals surface area contributed by atoms with Crippen molar-refractivity contribution in [1.29, 1.82) is 0 Å². The molecule has 0 radical (unpaired) electrons. The van der Waals surface area contributed by atoms with Gasteiger partial charge in [0, 0.05) is 27.9 Å². The highest BCUT2D eigenvalue weighted by Gasteiger charge is 2.46. The first-order valence-corrected chi connectivity index (χ1v) is 11.3. The van der Waals surface area contributed by atoms with Crippen LogP contribution >= 0.6 is 0 Å². The van der Waals surface area contributed by atoms with Gasteiger partial charge in [0.1, 0.15) is 0 Å². The van der Waals surface area contributed by atoms with Crippen molar-refractivity contribution < 1.29 is 13.7 Å². The first-order valence-electron chi connectivity index (χ1n) is 5.61. The summed E-state index contributed by atoms with van der Waals surface area (Å²) in [6.07, 6.45) is 0. The fourth-order valence-electron chi connectivity index (χ4n) is 1.53. The molecule has 0 fully saturated rings. The van der Waals surface area contributed by atoms with Gasteiger partial charge in [-0.25, -0.2) is 0 Å². The summed E-state index contributed by atoms with van der Waals surface area (Å²) in [4.78, 5) is 23.1. The first-order chi connectivity index (χ1) is 7.42. The second kappa shape index (κ2) is 5.32. The third kappa shape index (κ3) is 4.25. The SMILES string of the molecule is CC(=O)N(C)[Si](C)(O[Si](C)(C)C)N(C)C(C)=O. The quantitative estimate of drug-likeness (QED) is 0.729. The molecular weight excluding hydrogens is 252 g/mol. The van der Waals surface area contributed by atoms with E-state index in [1.165, 1.54) is 13.8 Å². The monoisotopic (exact) mass is 276 g/mol. The van der Waals surface area contributed by atoms with Crippen LogP contribution in [0.5, 0.6) is 0 Å². The Morgan fingerprint density at radius 2 is 1.18 bits per heavy atom. The number of hydrogen-bond acceptors (Lipinski definition) is 3. The molecule has 0 saturated heterocycles. The predicted molar refractivity (Wildman–Crippen MR) is 72.9 cm³/mol. The van der Waals surface area contributed by atoms with Crippen molar-refractivity contribution in [3.63, 3.8) is 0 Å². The fraction of sp³-hybridized carbons (Fsp3) is 0.800. The second-order valence-electron chi connectivity index (χ2n) is 5.30. The van der Waals surface area contributed by atoms with Crippen LogP contribution in [0, 0.1) is 0 Å². The normalized spacial score (nSPS) is 12.2. The molecule has 0 atom stereocenters. The summed E-state index contributed by atoms with van der Waals surface area (Å²) in [5.74, 6) is -0.156. The number of hydrogen-bond donors (Lipinski definition) is 0. The van der Waals surface area contributed by atoms with E-state index in [0.29, 0.717) is 0 Å². The Labute approximate surface area is 106 Å². The maximum Gasteiger partial charge on any atom is 0.409 e. The molecule has 0 aliphatic carbocycles. The molecular formula is C10H24N2O3Si2. The van der Waals surface area contributed by atoms with E-state index in [9.17, 15) is 9.59 Å². The van der Waals surface area contributed by atoms with E-state index in [0.717, 1.165) is 0 Å². The van der Waals surface area contributed by atoms with E-state index in [1.54, 1.807) is 23.2 Å². The van der Waals surface area contributed by atoms with E-state index in [-0.39, 0.29) is 11.8 Å². The average Bonchev–Trinajstić information content (AvgIpc) is 2.12. The smallest absolute Gasteiger partial charge is 0.409 e. The lowest BCUT2D eigenvalue weighted by molar-refractivity contribution is -0.127. The van der Waals surface area contributed by atoms with Crippen molar-refractivity contribution in [3.05, 3.63) is 0 Å². The van der Waals surface area contributed by atoms with Crippen molar-refractivity contribution in [3.8, 4) is 0 Å². The van der Waals surface area contributed by atoms with Crippen LogP contribution in [0.1, 0.15) is 13.8 Å². The van der Waals surface area contributed by atoms with Gasteiger partial charge in [-0.05, 0) is 26.2 Å². The highest BCUT2D eigenvalue weighted by atomic mass is 28.4. The van der Waals surface area contributed by atoms with Gasteiger partial charge >= 0.3 is 8.64 Å². The molecule has 5 nitrogen and oxygen atoms in total. The van der Waals surface area contributed by atoms with Crippen molar-refractivity contribution in [2.75, 3.05) is 14.1 Å². The molecule has 0 aliphatic heterocycles. The summed E-state index contributed by atoms with van der Waals surface area (Å²) in [5, 5.41) is 0. The van der Waals surface area contributed by atoms with Crippen LogP contribution in [0.3, 0.4) is 0 Å². The molecule has 0 bridgehead atoms. The van der Waals surface area contributed by atoms with Crippen LogP contribution in [0.2, 0.25) is 26.2 Å². The van der Waals surface area contributed by atoms with E-state index in [4.69, 9.17) is 4.12 Å². The summed E-state index contributed by atoms with van der Waals surface area (Å²) >= 11 is 0. The van der Waals surface area contributed by atoms with Gasteiger partial charge in [-0.1, -0.05) is 0 Å². The molecule has 2 amide bonds. The van der Waals surface area contributed by atoms with Gasteiger partial charge in [-0.2, -0.15) is 0 Å². The van der Waals surface area contributed by atoms with Gasteiger partial charge in [0.25, 0.3) is 0 Å². The van der Waals surface area contributed by atoms with Crippen LogP contribution in [0.4, 0.5) is 0 Å². The molecule has 0 aromatic rings. The molecule has 0 rings (SSSR count). The van der Waals surface area contributed by atoms with E-state index < -0.39 is 17.0 Å². The van der Waals surface area contributed by atoms with Crippen LogP contribution in [0.15, 0.2) is 0 Å². The Morgan fingerprint density at radius 3 is 1.35 bits per heavy atom. The minimum Gasteiger partial charge on any atom is -0.425 e. The lowest BCUT2D eigenvalue weighted by Gasteiger charge is -2.44. The molecule has 100 valence electrons. The van der Waals surface area contributed by atoms with Gasteiger partial charge in [0.2, 0.25) is 11.8 Å². The average molecular weight is 276 g/mol. The third-order valence-corrected chi connectivity index (χ3v) is 9.80. The van der Waals surface area contributed by atoms with Gasteiger partial charge in [0.05, 0.1) is 0 Å². The van der Waals surface area contributed by atoms with Crippen LogP contribution < -0.4 is 0 Å². The number of rotatable bonds is 4. The Bertz CT molecular complexity index is 295. The molecule has 0 spiro atoms. The number of amides is 2. The molecule has 17 heavy (non-hydrogen) atoms. The van der Waals surface area contributed by atoms with Crippen molar-refractivity contribution in [2.24, 2.45) is 0 Å². The van der Waals surface area contributed by atoms with Gasteiger partial charge in [-0.3, -0.25) is 9.59 Å². The molecule has 0 N–H and O–H groups in total. The molecule has 0 aliphatic rings. The third-order valence-electron chi connectivity index (χ3n) is 2.69. The molecule has 7 heteroatoms. The lowest BCUT2D eigenvalue weighted by atomic mass is 10.7. The van der Waals surface area contributed by atoms with Gasteiger partial charge in [0.15, 0.2) is 8.32 Å². The molecule has 0 heterocycles. The fourth-order valence-corrected chi connectivity index (χ4v) is 8.88. The zero-order chi connectivity index (χ0) is 14.0. The molecule has 0 saturated carbocycles. The topological polar surface area (TPSA) is 49.9 Å². The summed E-state index contributed by atoms with van der Waals surface area (Å²) < 4.78 is 9.34. The summed E-state index contributed by atoms with van der Waals surface area (Å²) in [5.41, 5.74) is 0. The van der Waals surface area contributed by atoms with Gasteiger partial charge in [-0.15, -0.1) is 0 Å².